The number of nitrogens with zero attached hydrogens (tertiary/aromatic N) is 1. The minimum Gasteiger partial charge on any atom is -0.344 e. The van der Waals surface area contributed by atoms with Gasteiger partial charge in [-0.1, -0.05) is 0 Å². The first-order valence-corrected chi connectivity index (χ1v) is 7.82. The number of halogens is 5. The van der Waals surface area contributed by atoms with Crippen LogP contribution >= 0.6 is 10.7 Å². The van der Waals surface area contributed by atoms with Crippen LogP contribution in [0.2, 0.25) is 0 Å². The lowest BCUT2D eigenvalue weighted by Crippen LogP contribution is -2.17. The highest BCUT2D eigenvalue weighted by molar-refractivity contribution is 8.14. The predicted octanol–water partition coefficient (Wildman–Crippen LogP) is 3.24. The van der Waals surface area contributed by atoms with E-state index in [2.05, 4.69) is 4.74 Å². The summed E-state index contributed by atoms with van der Waals surface area (Å²) in [6.07, 6.45) is -3.73. The lowest BCUT2D eigenvalue weighted by atomic mass is 10.2. The molecule has 0 saturated heterocycles. The zero-order valence-corrected chi connectivity index (χ0v) is 11.8. The summed E-state index contributed by atoms with van der Waals surface area (Å²) < 4.78 is 76.6. The van der Waals surface area contributed by atoms with Gasteiger partial charge in [0.15, 0.2) is 0 Å². The molecule has 116 valence electrons. The Balaban J connectivity index is 2.41. The zero-order chi connectivity index (χ0) is 15.8. The van der Waals surface area contributed by atoms with Crippen LogP contribution in [0, 0.1) is 5.82 Å². The molecule has 2 aromatic rings. The number of benzene rings is 1. The molecule has 0 aliphatic rings. The van der Waals surface area contributed by atoms with E-state index >= 15 is 0 Å². The van der Waals surface area contributed by atoms with E-state index in [1.807, 2.05) is 0 Å². The molecule has 0 unspecified atom stereocenters. The molecule has 0 fully saturated rings. The molecule has 0 N–H and O–H groups in total. The second-order valence-corrected chi connectivity index (χ2v) is 6.61. The first-order valence-electron chi connectivity index (χ1n) is 5.52. The Morgan fingerprint density at radius 2 is 1.95 bits per heavy atom. The average molecular weight is 346 g/mol. The molecular weight excluding hydrogens is 338 g/mol. The standard InChI is InChI=1S/C11H8ClF4NO3S/c12-21(18,19)10-6-17(3-4-20-11(14,15)16)9-2-1-7(13)5-8(9)10/h1-2,5-6H,3-4H2. The van der Waals surface area contributed by atoms with Crippen LogP contribution < -0.4 is 0 Å². The van der Waals surface area contributed by atoms with Crippen LogP contribution in [0.3, 0.4) is 0 Å². The Morgan fingerprint density at radius 1 is 1.29 bits per heavy atom. The van der Waals surface area contributed by atoms with Crippen LogP contribution in [-0.2, 0) is 20.3 Å². The number of alkyl halides is 3. The van der Waals surface area contributed by atoms with Gasteiger partial charge in [-0.05, 0) is 18.2 Å². The third-order valence-corrected chi connectivity index (χ3v) is 4.02. The highest BCUT2D eigenvalue weighted by atomic mass is 35.7. The number of fused-ring (bicyclic) bond motifs is 1. The minimum atomic E-state index is -4.78. The lowest BCUT2D eigenvalue weighted by Gasteiger charge is -2.08. The minimum absolute atomic E-state index is 0.00277. The molecule has 0 amide bonds. The van der Waals surface area contributed by atoms with Crippen molar-refractivity contribution in [3.8, 4) is 0 Å². The van der Waals surface area contributed by atoms with Gasteiger partial charge in [-0.15, -0.1) is 13.2 Å². The third kappa shape index (κ3) is 3.86. The average Bonchev–Trinajstić information content (AvgIpc) is 2.65. The third-order valence-electron chi connectivity index (χ3n) is 2.67. The highest BCUT2D eigenvalue weighted by Gasteiger charge is 2.29. The first kappa shape index (κ1) is 16.1. The van der Waals surface area contributed by atoms with E-state index in [4.69, 9.17) is 10.7 Å². The Bertz CT molecular complexity index is 770. The molecule has 21 heavy (non-hydrogen) atoms. The predicted molar refractivity (Wildman–Crippen MR) is 66.9 cm³/mol. The van der Waals surface area contributed by atoms with E-state index in [0.717, 1.165) is 18.3 Å². The van der Waals surface area contributed by atoms with Gasteiger partial charge in [0, 0.05) is 34.3 Å². The molecule has 1 aromatic carbocycles. The number of aromatic nitrogens is 1. The Morgan fingerprint density at radius 3 is 2.52 bits per heavy atom. The summed E-state index contributed by atoms with van der Waals surface area (Å²) in [7, 11) is 1.08. The Labute approximate surface area is 121 Å². The van der Waals surface area contributed by atoms with Crippen molar-refractivity contribution in [3.05, 3.63) is 30.2 Å². The topological polar surface area (TPSA) is 48.3 Å². The maximum absolute atomic E-state index is 13.2. The lowest BCUT2D eigenvalue weighted by molar-refractivity contribution is -0.325. The summed E-state index contributed by atoms with van der Waals surface area (Å²) in [5.74, 6) is -0.687. The zero-order valence-electron chi connectivity index (χ0n) is 10.2. The van der Waals surface area contributed by atoms with Crippen molar-refractivity contribution in [2.24, 2.45) is 0 Å². The van der Waals surface area contributed by atoms with E-state index < -0.39 is 27.8 Å². The molecule has 0 bridgehead atoms. The SMILES string of the molecule is O=S(=O)(Cl)c1cn(CCOC(F)(F)F)c2ccc(F)cc12. The van der Waals surface area contributed by atoms with Crippen molar-refractivity contribution in [1.29, 1.82) is 0 Å². The van der Waals surface area contributed by atoms with Crippen molar-refractivity contribution in [3.63, 3.8) is 0 Å². The highest BCUT2D eigenvalue weighted by Crippen LogP contribution is 2.29. The molecule has 0 saturated carbocycles. The van der Waals surface area contributed by atoms with E-state index in [9.17, 15) is 26.0 Å². The van der Waals surface area contributed by atoms with Gasteiger partial charge in [0.25, 0.3) is 9.05 Å². The number of hydrogen-bond donors (Lipinski definition) is 0. The summed E-state index contributed by atoms with van der Waals surface area (Å²) in [4.78, 5) is -0.370. The Hall–Kier alpha value is -1.32. The second kappa shape index (κ2) is 5.47. The second-order valence-electron chi connectivity index (χ2n) is 4.08. The van der Waals surface area contributed by atoms with E-state index in [1.54, 1.807) is 0 Å². The normalized spacial score (nSPS) is 13.0. The van der Waals surface area contributed by atoms with Crippen LogP contribution in [0.4, 0.5) is 17.6 Å². The van der Waals surface area contributed by atoms with E-state index in [1.165, 1.54) is 10.6 Å². The van der Waals surface area contributed by atoms with Crippen molar-refractivity contribution >= 4 is 30.6 Å². The van der Waals surface area contributed by atoms with Crippen LogP contribution in [0.5, 0.6) is 0 Å². The molecule has 0 aliphatic heterocycles. The summed E-state index contributed by atoms with van der Waals surface area (Å²) in [6.45, 7) is -0.986. The largest absolute Gasteiger partial charge is 0.522 e. The monoisotopic (exact) mass is 345 g/mol. The van der Waals surface area contributed by atoms with Crippen LogP contribution in [0.1, 0.15) is 0 Å². The molecule has 0 spiro atoms. The van der Waals surface area contributed by atoms with Gasteiger partial charge in [0.1, 0.15) is 10.7 Å². The molecule has 10 heteroatoms. The molecule has 0 atom stereocenters. The maximum Gasteiger partial charge on any atom is 0.522 e. The molecule has 1 heterocycles. The fraction of sp³-hybridized carbons (Fsp3) is 0.273. The first-order chi connectivity index (χ1) is 9.58. The molecular formula is C11H8ClF4NO3S. The molecule has 0 radical (unpaired) electrons. The molecule has 1 aromatic heterocycles. The van der Waals surface area contributed by atoms with Gasteiger partial charge in [-0.25, -0.2) is 12.8 Å². The van der Waals surface area contributed by atoms with Crippen LogP contribution in [0.25, 0.3) is 10.9 Å². The summed E-state index contributed by atoms with van der Waals surface area (Å²) in [5.41, 5.74) is 0.237. The van der Waals surface area contributed by atoms with Gasteiger partial charge in [-0.3, -0.25) is 4.74 Å². The molecule has 2 rings (SSSR count). The summed E-state index contributed by atoms with van der Waals surface area (Å²) >= 11 is 0. The van der Waals surface area contributed by atoms with Gasteiger partial charge in [-0.2, -0.15) is 0 Å². The van der Waals surface area contributed by atoms with Crippen LogP contribution in [-0.4, -0.2) is 26.0 Å². The van der Waals surface area contributed by atoms with Crippen LogP contribution in [0.15, 0.2) is 29.3 Å². The van der Waals surface area contributed by atoms with E-state index in [0.29, 0.717) is 0 Å². The number of rotatable bonds is 4. The smallest absolute Gasteiger partial charge is 0.344 e. The fourth-order valence-corrected chi connectivity index (χ4v) is 2.92. The van der Waals surface area contributed by atoms with Gasteiger partial charge >= 0.3 is 6.36 Å². The van der Waals surface area contributed by atoms with Crippen molar-refractivity contribution in [2.45, 2.75) is 17.8 Å². The van der Waals surface area contributed by atoms with Gasteiger partial charge < -0.3 is 4.57 Å². The number of ether oxygens (including phenoxy) is 1. The van der Waals surface area contributed by atoms with Gasteiger partial charge in [0.2, 0.25) is 0 Å². The fourth-order valence-electron chi connectivity index (χ4n) is 1.88. The molecule has 0 aliphatic carbocycles. The quantitative estimate of drug-likeness (QED) is 0.631. The Kier molecular flexibility index (Phi) is 4.18. The summed E-state index contributed by atoms with van der Waals surface area (Å²) in [5, 5.41) is -0.00277. The van der Waals surface area contributed by atoms with E-state index in [-0.39, 0.29) is 22.3 Å². The van der Waals surface area contributed by atoms with Crippen molar-refractivity contribution < 1.29 is 30.7 Å². The summed E-state index contributed by atoms with van der Waals surface area (Å²) in [6, 6.07) is 3.27. The maximum atomic E-state index is 13.2. The molecule has 4 nitrogen and oxygen atoms in total. The number of hydrogen-bond acceptors (Lipinski definition) is 3. The van der Waals surface area contributed by atoms with Crippen molar-refractivity contribution in [1.82, 2.24) is 4.57 Å². The van der Waals surface area contributed by atoms with Crippen molar-refractivity contribution in [2.75, 3.05) is 6.61 Å². The van der Waals surface area contributed by atoms with Gasteiger partial charge in [0.05, 0.1) is 6.61 Å².